The predicted octanol–water partition coefficient (Wildman–Crippen LogP) is 3.96. The van der Waals surface area contributed by atoms with Crippen LogP contribution in [-0.2, 0) is 9.53 Å². The quantitative estimate of drug-likeness (QED) is 0.611. The Hall–Kier alpha value is -3.19. The summed E-state index contributed by atoms with van der Waals surface area (Å²) in [5.74, 6) is -0.641. The van der Waals surface area contributed by atoms with Crippen LogP contribution in [0.4, 0.5) is 4.39 Å². The molecule has 0 bridgehead atoms. The smallest absolute Gasteiger partial charge is 0.337 e. The molecule has 1 atom stereocenters. The van der Waals surface area contributed by atoms with Gasteiger partial charge in [0.1, 0.15) is 11.6 Å². The standard InChI is InChI=1S/C21H18FNO4S/c1-26-21(25)15-6-10-17(11-7-15)27-13-19(24)23-20(18-3-2-12-28-18)14-4-8-16(22)9-5-14/h2-12,20H,13H2,1H3,(H,23,24)/t20-/m1/s1. The van der Waals surface area contributed by atoms with Gasteiger partial charge in [-0.2, -0.15) is 0 Å². The Morgan fingerprint density at radius 2 is 1.79 bits per heavy atom. The second kappa shape index (κ2) is 9.14. The third-order valence-corrected chi connectivity index (χ3v) is 4.92. The molecule has 3 aromatic rings. The van der Waals surface area contributed by atoms with E-state index >= 15 is 0 Å². The summed E-state index contributed by atoms with van der Waals surface area (Å²) in [4.78, 5) is 24.8. The first-order valence-corrected chi connectivity index (χ1v) is 9.34. The van der Waals surface area contributed by atoms with E-state index in [9.17, 15) is 14.0 Å². The molecule has 0 spiro atoms. The molecule has 0 fully saturated rings. The van der Waals surface area contributed by atoms with Crippen molar-refractivity contribution in [3.63, 3.8) is 0 Å². The minimum Gasteiger partial charge on any atom is -0.484 e. The summed E-state index contributed by atoms with van der Waals surface area (Å²) in [5.41, 5.74) is 1.17. The topological polar surface area (TPSA) is 64.6 Å². The lowest BCUT2D eigenvalue weighted by Crippen LogP contribution is -2.32. The summed E-state index contributed by atoms with van der Waals surface area (Å²) in [5, 5.41) is 4.83. The molecule has 7 heteroatoms. The Bertz CT molecular complexity index is 924. The van der Waals surface area contributed by atoms with Gasteiger partial charge in [-0.25, -0.2) is 9.18 Å². The van der Waals surface area contributed by atoms with Crippen molar-refractivity contribution in [1.29, 1.82) is 0 Å². The molecule has 2 aromatic carbocycles. The molecular weight excluding hydrogens is 381 g/mol. The average molecular weight is 399 g/mol. The van der Waals surface area contributed by atoms with Crippen molar-refractivity contribution in [3.05, 3.63) is 87.9 Å². The SMILES string of the molecule is COC(=O)c1ccc(OCC(=O)N[C@H](c2ccc(F)cc2)c2cccs2)cc1. The lowest BCUT2D eigenvalue weighted by Gasteiger charge is -2.18. The first-order chi connectivity index (χ1) is 13.6. The summed E-state index contributed by atoms with van der Waals surface area (Å²) in [7, 11) is 1.31. The zero-order valence-electron chi connectivity index (χ0n) is 15.1. The molecule has 0 saturated heterocycles. The number of carbonyl (C=O) groups excluding carboxylic acids is 2. The highest BCUT2D eigenvalue weighted by Crippen LogP contribution is 2.26. The van der Waals surface area contributed by atoms with Crippen LogP contribution in [0.25, 0.3) is 0 Å². The number of nitrogens with one attached hydrogen (secondary N) is 1. The van der Waals surface area contributed by atoms with Crippen LogP contribution >= 0.6 is 11.3 Å². The van der Waals surface area contributed by atoms with Crippen LogP contribution in [0.3, 0.4) is 0 Å². The third-order valence-electron chi connectivity index (χ3n) is 3.98. The Morgan fingerprint density at radius 1 is 1.07 bits per heavy atom. The van der Waals surface area contributed by atoms with Crippen molar-refractivity contribution >= 4 is 23.2 Å². The van der Waals surface area contributed by atoms with Gasteiger partial charge in [0.2, 0.25) is 0 Å². The number of ether oxygens (including phenoxy) is 2. The van der Waals surface area contributed by atoms with E-state index in [2.05, 4.69) is 10.1 Å². The van der Waals surface area contributed by atoms with Crippen LogP contribution in [0.5, 0.6) is 5.75 Å². The molecule has 1 aromatic heterocycles. The first kappa shape index (κ1) is 19.6. The molecule has 0 aliphatic rings. The highest BCUT2D eigenvalue weighted by atomic mass is 32.1. The fraction of sp³-hybridized carbons (Fsp3) is 0.143. The number of methoxy groups -OCH3 is 1. The van der Waals surface area contributed by atoms with Gasteiger partial charge in [0, 0.05) is 4.88 Å². The van der Waals surface area contributed by atoms with Crippen LogP contribution < -0.4 is 10.1 Å². The number of hydrogen-bond donors (Lipinski definition) is 1. The normalized spacial score (nSPS) is 11.5. The Kier molecular flexibility index (Phi) is 6.39. The summed E-state index contributed by atoms with van der Waals surface area (Å²) >= 11 is 1.50. The van der Waals surface area contributed by atoms with Gasteiger partial charge in [-0.1, -0.05) is 18.2 Å². The van der Waals surface area contributed by atoms with Gasteiger partial charge in [0.25, 0.3) is 5.91 Å². The number of hydrogen-bond acceptors (Lipinski definition) is 5. The van der Waals surface area contributed by atoms with E-state index in [0.717, 1.165) is 10.4 Å². The molecule has 28 heavy (non-hydrogen) atoms. The predicted molar refractivity (Wildman–Crippen MR) is 104 cm³/mol. The van der Waals surface area contributed by atoms with Gasteiger partial charge < -0.3 is 14.8 Å². The second-order valence-corrected chi connectivity index (χ2v) is 6.85. The van der Waals surface area contributed by atoms with Crippen molar-refractivity contribution in [2.45, 2.75) is 6.04 Å². The molecule has 1 N–H and O–H groups in total. The van der Waals surface area contributed by atoms with E-state index in [1.165, 1.54) is 30.6 Å². The van der Waals surface area contributed by atoms with Crippen LogP contribution in [-0.4, -0.2) is 25.6 Å². The van der Waals surface area contributed by atoms with Crippen LogP contribution in [0, 0.1) is 5.82 Å². The van der Waals surface area contributed by atoms with Crippen molar-refractivity contribution < 1.29 is 23.5 Å². The van der Waals surface area contributed by atoms with Gasteiger partial charge in [-0.15, -0.1) is 11.3 Å². The lowest BCUT2D eigenvalue weighted by molar-refractivity contribution is -0.123. The zero-order valence-corrected chi connectivity index (χ0v) is 15.9. The number of benzene rings is 2. The second-order valence-electron chi connectivity index (χ2n) is 5.87. The molecule has 1 amide bonds. The van der Waals surface area contributed by atoms with Crippen molar-refractivity contribution in [3.8, 4) is 5.75 Å². The minimum atomic E-state index is -0.442. The van der Waals surface area contributed by atoms with E-state index in [-0.39, 0.29) is 18.3 Å². The van der Waals surface area contributed by atoms with Crippen LogP contribution in [0.2, 0.25) is 0 Å². The molecule has 3 rings (SSSR count). The first-order valence-electron chi connectivity index (χ1n) is 8.46. The van der Waals surface area contributed by atoms with E-state index in [4.69, 9.17) is 4.74 Å². The molecule has 144 valence electrons. The van der Waals surface area contributed by atoms with Crippen molar-refractivity contribution in [1.82, 2.24) is 5.32 Å². The maximum absolute atomic E-state index is 13.2. The van der Waals surface area contributed by atoms with Crippen LogP contribution in [0.15, 0.2) is 66.0 Å². The fourth-order valence-corrected chi connectivity index (χ4v) is 3.39. The molecule has 0 radical (unpaired) electrons. The Morgan fingerprint density at radius 3 is 2.39 bits per heavy atom. The van der Waals surface area contributed by atoms with Gasteiger partial charge >= 0.3 is 5.97 Å². The molecular formula is C21H18FNO4S. The van der Waals surface area contributed by atoms with E-state index < -0.39 is 12.0 Å². The number of thiophene rings is 1. The summed E-state index contributed by atoms with van der Waals surface area (Å²) in [6.45, 7) is -0.194. The summed E-state index contributed by atoms with van der Waals surface area (Å²) < 4.78 is 23.4. The van der Waals surface area contributed by atoms with E-state index in [0.29, 0.717) is 11.3 Å². The van der Waals surface area contributed by atoms with Crippen LogP contribution in [0.1, 0.15) is 26.8 Å². The number of amides is 1. The third kappa shape index (κ3) is 4.95. The minimum absolute atomic E-state index is 0.194. The fourth-order valence-electron chi connectivity index (χ4n) is 2.59. The highest BCUT2D eigenvalue weighted by molar-refractivity contribution is 7.10. The van der Waals surface area contributed by atoms with Gasteiger partial charge in [-0.05, 0) is 53.4 Å². The zero-order chi connectivity index (χ0) is 19.9. The molecule has 0 aliphatic carbocycles. The molecule has 5 nitrogen and oxygen atoms in total. The molecule has 0 saturated carbocycles. The number of rotatable bonds is 7. The van der Waals surface area contributed by atoms with Gasteiger partial charge in [0.15, 0.2) is 6.61 Å². The number of halogens is 1. The van der Waals surface area contributed by atoms with Crippen molar-refractivity contribution in [2.24, 2.45) is 0 Å². The van der Waals surface area contributed by atoms with E-state index in [1.807, 2.05) is 17.5 Å². The summed E-state index contributed by atoms with van der Waals surface area (Å²) in [6.07, 6.45) is 0. The Labute approximate surface area is 165 Å². The van der Waals surface area contributed by atoms with Crippen molar-refractivity contribution in [2.75, 3.05) is 13.7 Å². The Balaban J connectivity index is 1.64. The van der Waals surface area contributed by atoms with Gasteiger partial charge in [-0.3, -0.25) is 4.79 Å². The summed E-state index contributed by atoms with van der Waals surface area (Å²) in [6, 6.07) is 15.7. The number of carbonyl (C=O) groups is 2. The lowest BCUT2D eigenvalue weighted by atomic mass is 10.1. The maximum atomic E-state index is 13.2. The maximum Gasteiger partial charge on any atom is 0.337 e. The van der Waals surface area contributed by atoms with Gasteiger partial charge in [0.05, 0.1) is 18.7 Å². The molecule has 0 aliphatic heterocycles. The molecule has 0 unspecified atom stereocenters. The monoisotopic (exact) mass is 399 g/mol. The average Bonchev–Trinajstić information content (AvgIpc) is 3.25. The van der Waals surface area contributed by atoms with E-state index in [1.54, 1.807) is 36.4 Å². The molecule has 1 heterocycles. The number of esters is 1. The largest absolute Gasteiger partial charge is 0.484 e. The highest BCUT2D eigenvalue weighted by Gasteiger charge is 2.18.